The first kappa shape index (κ1) is 20.0. The van der Waals surface area contributed by atoms with Crippen LogP contribution in [0.15, 0.2) is 54.6 Å². The summed E-state index contributed by atoms with van der Waals surface area (Å²) in [7, 11) is 0. The quantitative estimate of drug-likeness (QED) is 0.737. The largest absolute Gasteiger partial charge is 0.483 e. The molecule has 2 rings (SSSR count). The number of amides is 1. The molecule has 0 unspecified atom stereocenters. The molecule has 140 valence electrons. The molecular weight excluding hydrogens is 322 g/mol. The maximum atomic E-state index is 12.5. The lowest BCUT2D eigenvalue weighted by Crippen LogP contribution is -2.33. The normalized spacial score (nSPS) is 12.7. The van der Waals surface area contributed by atoms with E-state index < -0.39 is 0 Å². The molecule has 0 aliphatic carbocycles. The molecule has 0 fully saturated rings. The van der Waals surface area contributed by atoms with Crippen molar-refractivity contribution in [2.45, 2.75) is 52.5 Å². The molecule has 1 atom stereocenters. The molecular formula is C23H31NO2. The Morgan fingerprint density at radius 3 is 2.23 bits per heavy atom. The van der Waals surface area contributed by atoms with Crippen LogP contribution in [0.25, 0.3) is 0 Å². The zero-order valence-electron chi connectivity index (χ0n) is 16.6. The van der Waals surface area contributed by atoms with E-state index in [0.29, 0.717) is 5.92 Å². The topological polar surface area (TPSA) is 38.3 Å². The third-order valence-corrected chi connectivity index (χ3v) is 4.30. The monoisotopic (exact) mass is 353 g/mol. The molecule has 1 amide bonds. The Balaban J connectivity index is 2.03. The second-order valence-electron chi connectivity index (χ2n) is 8.20. The Bertz CT molecular complexity index is 702. The fraction of sp³-hybridized carbons (Fsp3) is 0.435. The molecule has 0 aliphatic rings. The highest BCUT2D eigenvalue weighted by Crippen LogP contribution is 2.31. The summed E-state index contributed by atoms with van der Waals surface area (Å²) in [5, 5.41) is 3.13. The minimum atomic E-state index is -0.0942. The van der Waals surface area contributed by atoms with E-state index in [1.54, 1.807) is 0 Å². The van der Waals surface area contributed by atoms with Gasteiger partial charge in [-0.2, -0.15) is 0 Å². The number of carbonyl (C=O) groups is 1. The number of hydrogen-bond acceptors (Lipinski definition) is 2. The molecule has 0 aliphatic heterocycles. The lowest BCUT2D eigenvalue weighted by molar-refractivity contribution is -0.124. The Labute approximate surface area is 157 Å². The molecule has 0 saturated heterocycles. The predicted octanol–water partition coefficient (Wildman–Crippen LogP) is 5.27. The minimum Gasteiger partial charge on any atom is -0.483 e. The Morgan fingerprint density at radius 2 is 1.62 bits per heavy atom. The van der Waals surface area contributed by atoms with Crippen molar-refractivity contribution >= 4 is 5.91 Å². The minimum absolute atomic E-state index is 0.00478. The van der Waals surface area contributed by atoms with E-state index in [9.17, 15) is 4.79 Å². The van der Waals surface area contributed by atoms with Crippen LogP contribution in [0.3, 0.4) is 0 Å². The van der Waals surface area contributed by atoms with E-state index in [-0.39, 0.29) is 24.0 Å². The van der Waals surface area contributed by atoms with Crippen molar-refractivity contribution in [1.29, 1.82) is 0 Å². The Hall–Kier alpha value is -2.29. The van der Waals surface area contributed by atoms with Crippen molar-refractivity contribution in [2.75, 3.05) is 6.61 Å². The number of para-hydroxylation sites is 1. The Morgan fingerprint density at radius 1 is 1.00 bits per heavy atom. The van der Waals surface area contributed by atoms with Crippen LogP contribution in [-0.4, -0.2) is 12.5 Å². The number of benzene rings is 2. The van der Waals surface area contributed by atoms with Gasteiger partial charge in [0.1, 0.15) is 5.75 Å². The smallest absolute Gasteiger partial charge is 0.258 e. The van der Waals surface area contributed by atoms with Crippen molar-refractivity contribution < 1.29 is 9.53 Å². The van der Waals surface area contributed by atoms with Gasteiger partial charge in [0.25, 0.3) is 5.91 Å². The SMILES string of the molecule is CC(C)C[C@H](NC(=O)COc1ccccc1C(C)(C)C)c1ccccc1. The zero-order valence-corrected chi connectivity index (χ0v) is 16.6. The molecule has 0 heterocycles. The van der Waals surface area contributed by atoms with Gasteiger partial charge in [-0.25, -0.2) is 0 Å². The maximum Gasteiger partial charge on any atom is 0.258 e. The molecule has 3 heteroatoms. The summed E-state index contributed by atoms with van der Waals surface area (Å²) in [5.74, 6) is 1.17. The first-order chi connectivity index (χ1) is 12.3. The van der Waals surface area contributed by atoms with Crippen LogP contribution in [-0.2, 0) is 10.2 Å². The summed E-state index contributed by atoms with van der Waals surface area (Å²) < 4.78 is 5.86. The molecule has 0 radical (unpaired) electrons. The summed E-state index contributed by atoms with van der Waals surface area (Å²) in [6.07, 6.45) is 0.897. The molecule has 3 nitrogen and oxygen atoms in total. The van der Waals surface area contributed by atoms with E-state index in [1.807, 2.05) is 36.4 Å². The average Bonchev–Trinajstić information content (AvgIpc) is 2.59. The number of rotatable bonds is 7. The molecule has 0 aromatic heterocycles. The van der Waals surface area contributed by atoms with E-state index in [1.165, 1.54) is 0 Å². The highest BCUT2D eigenvalue weighted by atomic mass is 16.5. The van der Waals surface area contributed by atoms with Crippen molar-refractivity contribution in [1.82, 2.24) is 5.32 Å². The van der Waals surface area contributed by atoms with Gasteiger partial charge in [-0.1, -0.05) is 83.1 Å². The van der Waals surface area contributed by atoms with Gasteiger partial charge in [0.15, 0.2) is 6.61 Å². The fourth-order valence-corrected chi connectivity index (χ4v) is 3.03. The summed E-state index contributed by atoms with van der Waals surface area (Å²) in [6, 6.07) is 18.0. The number of carbonyl (C=O) groups excluding carboxylic acids is 1. The lowest BCUT2D eigenvalue weighted by Gasteiger charge is -2.24. The third kappa shape index (κ3) is 5.91. The summed E-state index contributed by atoms with van der Waals surface area (Å²) in [4.78, 5) is 12.5. The van der Waals surface area contributed by atoms with Crippen LogP contribution in [0.5, 0.6) is 5.75 Å². The van der Waals surface area contributed by atoms with E-state index in [4.69, 9.17) is 4.74 Å². The first-order valence-corrected chi connectivity index (χ1v) is 9.34. The van der Waals surface area contributed by atoms with Gasteiger partial charge in [0.2, 0.25) is 0 Å². The van der Waals surface area contributed by atoms with Crippen molar-refractivity contribution in [3.05, 3.63) is 65.7 Å². The fourth-order valence-electron chi connectivity index (χ4n) is 3.03. The van der Waals surface area contributed by atoms with Crippen LogP contribution in [0.4, 0.5) is 0 Å². The highest BCUT2D eigenvalue weighted by Gasteiger charge is 2.20. The summed E-state index contributed by atoms with van der Waals surface area (Å²) in [5.41, 5.74) is 2.20. The molecule has 0 saturated carbocycles. The van der Waals surface area contributed by atoms with E-state index >= 15 is 0 Å². The highest BCUT2D eigenvalue weighted by molar-refractivity contribution is 5.78. The van der Waals surface area contributed by atoms with Gasteiger partial charge in [0.05, 0.1) is 6.04 Å². The summed E-state index contributed by atoms with van der Waals surface area (Å²) in [6.45, 7) is 10.8. The van der Waals surface area contributed by atoms with Gasteiger partial charge in [-0.05, 0) is 34.9 Å². The number of nitrogens with one attached hydrogen (secondary N) is 1. The van der Waals surface area contributed by atoms with Gasteiger partial charge in [0, 0.05) is 0 Å². The molecule has 0 spiro atoms. The number of hydrogen-bond donors (Lipinski definition) is 1. The summed E-state index contributed by atoms with van der Waals surface area (Å²) >= 11 is 0. The molecule has 0 bridgehead atoms. The van der Waals surface area contributed by atoms with Crippen LogP contribution in [0.1, 0.15) is 58.2 Å². The molecule has 2 aromatic rings. The predicted molar refractivity (Wildman–Crippen MR) is 107 cm³/mol. The van der Waals surface area contributed by atoms with Crippen LogP contribution in [0.2, 0.25) is 0 Å². The second-order valence-corrected chi connectivity index (χ2v) is 8.20. The van der Waals surface area contributed by atoms with Crippen molar-refractivity contribution in [2.24, 2.45) is 5.92 Å². The zero-order chi connectivity index (χ0) is 19.2. The van der Waals surface area contributed by atoms with Gasteiger partial charge in [-0.3, -0.25) is 4.79 Å². The first-order valence-electron chi connectivity index (χ1n) is 9.34. The second kappa shape index (κ2) is 8.88. The third-order valence-electron chi connectivity index (χ3n) is 4.30. The average molecular weight is 354 g/mol. The lowest BCUT2D eigenvalue weighted by atomic mass is 9.86. The van der Waals surface area contributed by atoms with E-state index in [0.717, 1.165) is 23.3 Å². The van der Waals surface area contributed by atoms with Gasteiger partial charge < -0.3 is 10.1 Å². The Kier molecular flexibility index (Phi) is 6.84. The molecule has 26 heavy (non-hydrogen) atoms. The van der Waals surface area contributed by atoms with E-state index in [2.05, 4.69) is 58.1 Å². The van der Waals surface area contributed by atoms with Crippen molar-refractivity contribution in [3.63, 3.8) is 0 Å². The molecule has 2 aromatic carbocycles. The van der Waals surface area contributed by atoms with Crippen LogP contribution < -0.4 is 10.1 Å². The number of ether oxygens (including phenoxy) is 1. The van der Waals surface area contributed by atoms with Crippen LogP contribution >= 0.6 is 0 Å². The maximum absolute atomic E-state index is 12.5. The van der Waals surface area contributed by atoms with Crippen LogP contribution in [0, 0.1) is 5.92 Å². The standard InChI is InChI=1S/C23H31NO2/c1-17(2)15-20(18-11-7-6-8-12-18)24-22(25)16-26-21-14-10-9-13-19(21)23(3,4)5/h6-14,17,20H,15-16H2,1-5H3,(H,24,25)/t20-/m0/s1. The molecule has 1 N–H and O–H groups in total. The van der Waals surface area contributed by atoms with Gasteiger partial charge >= 0.3 is 0 Å². The van der Waals surface area contributed by atoms with Gasteiger partial charge in [-0.15, -0.1) is 0 Å². The van der Waals surface area contributed by atoms with Crippen molar-refractivity contribution in [3.8, 4) is 5.75 Å².